The van der Waals surface area contributed by atoms with Gasteiger partial charge in [-0.05, 0) is 11.0 Å². The lowest BCUT2D eigenvalue weighted by molar-refractivity contribution is -0.164. The number of rotatable bonds is 4. The number of alkyl halides is 3. The molecule has 2 N–H and O–H groups in total. The van der Waals surface area contributed by atoms with Crippen molar-refractivity contribution >= 4 is 5.91 Å². The molecular weight excluding hydrogens is 281 g/mol. The van der Waals surface area contributed by atoms with Gasteiger partial charge in [-0.2, -0.15) is 13.2 Å². The molecule has 1 unspecified atom stereocenters. The van der Waals surface area contributed by atoms with Gasteiger partial charge in [-0.25, -0.2) is 0 Å². The van der Waals surface area contributed by atoms with Gasteiger partial charge in [0.05, 0.1) is 6.04 Å². The lowest BCUT2D eigenvalue weighted by Gasteiger charge is -2.32. The number of carbonyl (C=O) groups excluding carboxylic acids is 1. The van der Waals surface area contributed by atoms with Crippen molar-refractivity contribution in [2.45, 2.75) is 39.5 Å². The van der Waals surface area contributed by atoms with Crippen LogP contribution in [-0.2, 0) is 11.3 Å². The van der Waals surface area contributed by atoms with Gasteiger partial charge in [0.2, 0.25) is 5.91 Å². The Morgan fingerprint density at radius 3 is 2.14 bits per heavy atom. The minimum absolute atomic E-state index is 0.108. The van der Waals surface area contributed by atoms with Gasteiger partial charge in [-0.15, -0.1) is 0 Å². The van der Waals surface area contributed by atoms with Crippen molar-refractivity contribution in [2.24, 2.45) is 11.1 Å². The summed E-state index contributed by atoms with van der Waals surface area (Å²) in [7, 11) is 0. The highest BCUT2D eigenvalue weighted by Gasteiger charge is 2.37. The van der Waals surface area contributed by atoms with Crippen LogP contribution >= 0.6 is 0 Å². The number of nitrogens with zero attached hydrogens (tertiary/aromatic N) is 1. The van der Waals surface area contributed by atoms with Crippen molar-refractivity contribution in [3.63, 3.8) is 0 Å². The largest absolute Gasteiger partial charge is 0.406 e. The number of hydrogen-bond donors (Lipinski definition) is 1. The molecule has 1 amide bonds. The maximum absolute atomic E-state index is 12.7. The number of benzene rings is 1. The van der Waals surface area contributed by atoms with E-state index in [0.717, 1.165) is 4.90 Å². The second kappa shape index (κ2) is 6.47. The molecule has 0 aliphatic heterocycles. The molecule has 6 heteroatoms. The Balaban J connectivity index is 2.95. The maximum Gasteiger partial charge on any atom is 0.406 e. The number of hydrogen-bond acceptors (Lipinski definition) is 2. The van der Waals surface area contributed by atoms with E-state index in [4.69, 9.17) is 5.73 Å². The molecular formula is C15H21F3N2O. The third-order valence-electron chi connectivity index (χ3n) is 3.10. The number of carbonyl (C=O) groups is 1. The minimum Gasteiger partial charge on any atom is -0.328 e. The van der Waals surface area contributed by atoms with Gasteiger partial charge in [0.15, 0.2) is 0 Å². The lowest BCUT2D eigenvalue weighted by atomic mass is 9.86. The van der Waals surface area contributed by atoms with E-state index >= 15 is 0 Å². The number of halogens is 3. The van der Waals surface area contributed by atoms with Crippen molar-refractivity contribution in [3.8, 4) is 0 Å². The van der Waals surface area contributed by atoms with Gasteiger partial charge in [-0.3, -0.25) is 4.79 Å². The Labute approximate surface area is 122 Å². The van der Waals surface area contributed by atoms with Crippen LogP contribution < -0.4 is 5.73 Å². The van der Waals surface area contributed by atoms with Crippen LogP contribution in [0, 0.1) is 5.41 Å². The maximum atomic E-state index is 12.7. The highest BCUT2D eigenvalue weighted by atomic mass is 19.4. The van der Waals surface area contributed by atoms with Crippen molar-refractivity contribution in [1.29, 1.82) is 0 Å². The Hall–Kier alpha value is -1.56. The first-order chi connectivity index (χ1) is 9.50. The zero-order valence-corrected chi connectivity index (χ0v) is 12.4. The first-order valence-electron chi connectivity index (χ1n) is 6.66. The summed E-state index contributed by atoms with van der Waals surface area (Å²) in [5.41, 5.74) is 5.84. The zero-order chi connectivity index (χ0) is 16.3. The van der Waals surface area contributed by atoms with Crippen LogP contribution in [-0.4, -0.2) is 29.6 Å². The summed E-state index contributed by atoms with van der Waals surface area (Å²) in [6, 6.07) is 7.58. The Bertz CT molecular complexity index is 466. The monoisotopic (exact) mass is 302 g/mol. The van der Waals surface area contributed by atoms with Gasteiger partial charge in [0.1, 0.15) is 6.54 Å². The van der Waals surface area contributed by atoms with Gasteiger partial charge < -0.3 is 10.6 Å². The van der Waals surface area contributed by atoms with Crippen molar-refractivity contribution < 1.29 is 18.0 Å². The Kier molecular flexibility index (Phi) is 5.39. The molecule has 0 bridgehead atoms. The third kappa shape index (κ3) is 5.75. The van der Waals surface area contributed by atoms with E-state index in [2.05, 4.69) is 0 Å². The second-order valence-corrected chi connectivity index (χ2v) is 6.14. The summed E-state index contributed by atoms with van der Waals surface area (Å²) in [6.45, 7) is 3.77. The molecule has 21 heavy (non-hydrogen) atoms. The highest BCUT2D eigenvalue weighted by Crippen LogP contribution is 2.23. The summed E-state index contributed by atoms with van der Waals surface area (Å²) in [5, 5.41) is 0. The topological polar surface area (TPSA) is 46.3 Å². The molecule has 0 spiro atoms. The van der Waals surface area contributed by atoms with Crippen LogP contribution in [0.4, 0.5) is 13.2 Å². The van der Waals surface area contributed by atoms with Gasteiger partial charge in [0, 0.05) is 6.54 Å². The quantitative estimate of drug-likeness (QED) is 0.929. The van der Waals surface area contributed by atoms with Crippen LogP contribution in [0.3, 0.4) is 0 Å². The van der Waals surface area contributed by atoms with Crippen molar-refractivity contribution in [3.05, 3.63) is 35.9 Å². The predicted molar refractivity (Wildman–Crippen MR) is 75.3 cm³/mol. The molecule has 1 aromatic rings. The van der Waals surface area contributed by atoms with E-state index in [0.29, 0.717) is 5.56 Å². The number of nitrogens with two attached hydrogens (primary N) is 1. The fourth-order valence-electron chi connectivity index (χ4n) is 1.80. The molecule has 0 radical (unpaired) electrons. The Morgan fingerprint density at radius 2 is 1.71 bits per heavy atom. The minimum atomic E-state index is -4.46. The van der Waals surface area contributed by atoms with E-state index in [9.17, 15) is 18.0 Å². The van der Waals surface area contributed by atoms with E-state index in [1.165, 1.54) is 0 Å². The Morgan fingerprint density at radius 1 is 1.19 bits per heavy atom. The second-order valence-electron chi connectivity index (χ2n) is 6.14. The van der Waals surface area contributed by atoms with E-state index in [1.54, 1.807) is 51.1 Å². The molecule has 118 valence electrons. The van der Waals surface area contributed by atoms with Crippen LogP contribution in [0.1, 0.15) is 26.3 Å². The average molecular weight is 302 g/mol. The normalized spacial score (nSPS) is 13.9. The molecule has 1 atom stereocenters. The molecule has 0 aliphatic rings. The van der Waals surface area contributed by atoms with Crippen LogP contribution in [0.25, 0.3) is 0 Å². The highest BCUT2D eigenvalue weighted by molar-refractivity contribution is 5.82. The summed E-state index contributed by atoms with van der Waals surface area (Å²) in [6.07, 6.45) is -4.46. The summed E-state index contributed by atoms with van der Waals surface area (Å²) in [5.74, 6) is -0.691. The molecule has 0 aliphatic carbocycles. The molecule has 0 saturated heterocycles. The molecule has 3 nitrogen and oxygen atoms in total. The van der Waals surface area contributed by atoms with Crippen molar-refractivity contribution in [1.82, 2.24) is 4.90 Å². The first-order valence-corrected chi connectivity index (χ1v) is 6.66. The van der Waals surface area contributed by atoms with Gasteiger partial charge in [0.25, 0.3) is 0 Å². The molecule has 1 rings (SSSR count). The van der Waals surface area contributed by atoms with Gasteiger partial charge >= 0.3 is 6.18 Å². The summed E-state index contributed by atoms with van der Waals surface area (Å²) in [4.78, 5) is 13.0. The average Bonchev–Trinajstić information content (AvgIpc) is 2.34. The van der Waals surface area contributed by atoms with Crippen molar-refractivity contribution in [2.75, 3.05) is 6.54 Å². The molecule has 0 saturated carbocycles. The molecule has 0 heterocycles. The fraction of sp³-hybridized carbons (Fsp3) is 0.533. The molecule has 1 aromatic carbocycles. The van der Waals surface area contributed by atoms with E-state index < -0.39 is 30.1 Å². The predicted octanol–water partition coefficient (Wildman–Crippen LogP) is 2.95. The van der Waals surface area contributed by atoms with Gasteiger partial charge in [-0.1, -0.05) is 51.1 Å². The standard InChI is InChI=1S/C15H21F3N2O/c1-14(2,3)12(19)13(21)20(10-15(16,17)18)9-11-7-5-4-6-8-11/h4-8,12H,9-10,19H2,1-3H3. The van der Waals surface area contributed by atoms with Crippen LogP contribution in [0.5, 0.6) is 0 Å². The SMILES string of the molecule is CC(C)(C)C(N)C(=O)N(Cc1ccccc1)CC(F)(F)F. The smallest absolute Gasteiger partial charge is 0.328 e. The molecule has 0 aromatic heterocycles. The summed E-state index contributed by atoms with van der Waals surface area (Å²) >= 11 is 0. The fourth-order valence-corrected chi connectivity index (χ4v) is 1.80. The van der Waals surface area contributed by atoms with Crippen LogP contribution in [0.15, 0.2) is 30.3 Å². The van der Waals surface area contributed by atoms with E-state index in [1.807, 2.05) is 0 Å². The van der Waals surface area contributed by atoms with Crippen LogP contribution in [0.2, 0.25) is 0 Å². The van der Waals surface area contributed by atoms with E-state index in [-0.39, 0.29) is 6.54 Å². The lowest BCUT2D eigenvalue weighted by Crippen LogP contribution is -2.52. The summed E-state index contributed by atoms with van der Waals surface area (Å²) < 4.78 is 38.1. The number of amides is 1. The third-order valence-corrected chi connectivity index (χ3v) is 3.10. The molecule has 0 fully saturated rings. The zero-order valence-electron chi connectivity index (χ0n) is 12.4. The first kappa shape index (κ1) is 17.5.